The molecule has 0 saturated heterocycles. The van der Waals surface area contributed by atoms with Crippen molar-refractivity contribution in [3.8, 4) is 0 Å². The summed E-state index contributed by atoms with van der Waals surface area (Å²) < 4.78 is 0. The molecule has 2 N–H and O–H groups in total. The van der Waals surface area contributed by atoms with Crippen LogP contribution in [0.2, 0.25) is 0 Å². The second kappa shape index (κ2) is 5.32. The lowest BCUT2D eigenvalue weighted by Crippen LogP contribution is -2.04. The van der Waals surface area contributed by atoms with Gasteiger partial charge in [-0.1, -0.05) is 55.1 Å². The summed E-state index contributed by atoms with van der Waals surface area (Å²) in [7, 11) is 0. The van der Waals surface area contributed by atoms with Gasteiger partial charge < -0.3 is 5.73 Å². The lowest BCUT2D eigenvalue weighted by atomic mass is 9.98. The summed E-state index contributed by atoms with van der Waals surface area (Å²) in [5.41, 5.74) is 9.56. The highest BCUT2D eigenvalue weighted by Gasteiger charge is 2.06. The van der Waals surface area contributed by atoms with Gasteiger partial charge in [0.05, 0.1) is 11.5 Å². The minimum absolute atomic E-state index is 0.545. The average Bonchev–Trinajstić information content (AvgIpc) is 2.39. The van der Waals surface area contributed by atoms with E-state index in [1.807, 2.05) is 54.6 Å². The second-order valence-electron chi connectivity index (χ2n) is 4.11. The number of aliphatic imine (C=N–C) groups is 1. The van der Waals surface area contributed by atoms with E-state index in [9.17, 15) is 0 Å². The molecule has 0 unspecified atom stereocenters. The number of para-hydroxylation sites is 1. The van der Waals surface area contributed by atoms with Crippen molar-refractivity contribution in [3.05, 3.63) is 72.3 Å². The van der Waals surface area contributed by atoms with Gasteiger partial charge in [-0.2, -0.15) is 0 Å². The third-order valence-corrected chi connectivity index (χ3v) is 2.65. The minimum atomic E-state index is 0.545. The summed E-state index contributed by atoms with van der Waals surface area (Å²) in [5, 5.41) is 0. The summed E-state index contributed by atoms with van der Waals surface area (Å²) in [4.78, 5) is 4.34. The molecule has 0 bridgehead atoms. The van der Waals surface area contributed by atoms with Crippen molar-refractivity contribution >= 4 is 17.1 Å². The van der Waals surface area contributed by atoms with Gasteiger partial charge in [-0.3, -0.25) is 0 Å². The zero-order valence-corrected chi connectivity index (χ0v) is 10.4. The minimum Gasteiger partial charge on any atom is -0.387 e. The molecule has 0 fully saturated rings. The Morgan fingerprint density at radius 2 is 1.61 bits per heavy atom. The first kappa shape index (κ1) is 12.1. The van der Waals surface area contributed by atoms with Crippen molar-refractivity contribution in [2.24, 2.45) is 10.7 Å². The van der Waals surface area contributed by atoms with Crippen LogP contribution >= 0.6 is 0 Å². The third-order valence-electron chi connectivity index (χ3n) is 2.65. The fourth-order valence-corrected chi connectivity index (χ4v) is 1.81. The van der Waals surface area contributed by atoms with Gasteiger partial charge in [0.2, 0.25) is 0 Å². The Hall–Kier alpha value is -2.35. The van der Waals surface area contributed by atoms with E-state index >= 15 is 0 Å². The molecule has 0 radical (unpaired) electrons. The first-order chi connectivity index (χ1) is 8.68. The first-order valence-corrected chi connectivity index (χ1v) is 5.83. The lowest BCUT2D eigenvalue weighted by Gasteiger charge is -2.09. The predicted octanol–water partition coefficient (Wildman–Crippen LogP) is 3.76. The van der Waals surface area contributed by atoms with Crippen molar-refractivity contribution in [2.45, 2.75) is 6.92 Å². The number of nitrogens with zero attached hydrogens (tertiary/aromatic N) is 1. The zero-order valence-electron chi connectivity index (χ0n) is 10.4. The van der Waals surface area contributed by atoms with Crippen molar-refractivity contribution < 1.29 is 0 Å². The van der Waals surface area contributed by atoms with Crippen LogP contribution in [0.15, 0.2) is 66.2 Å². The fraction of sp³-hybridized carbons (Fsp3) is 0.0625. The van der Waals surface area contributed by atoms with Crippen molar-refractivity contribution in [1.82, 2.24) is 0 Å². The monoisotopic (exact) mass is 236 g/mol. The average molecular weight is 236 g/mol. The molecule has 2 rings (SSSR count). The Morgan fingerprint density at radius 3 is 2.28 bits per heavy atom. The van der Waals surface area contributed by atoms with E-state index in [0.29, 0.717) is 5.84 Å². The van der Waals surface area contributed by atoms with E-state index in [-0.39, 0.29) is 0 Å². The SMILES string of the molecule is C=C(c1ccccc1)c1ccccc1N=C(C)N. The highest BCUT2D eigenvalue weighted by molar-refractivity contribution is 5.87. The van der Waals surface area contributed by atoms with Crippen LogP contribution < -0.4 is 5.73 Å². The summed E-state index contributed by atoms with van der Waals surface area (Å²) in [6.45, 7) is 5.93. The smallest absolute Gasteiger partial charge is 0.0965 e. The maximum Gasteiger partial charge on any atom is 0.0965 e. The van der Waals surface area contributed by atoms with E-state index in [4.69, 9.17) is 5.73 Å². The van der Waals surface area contributed by atoms with Crippen LogP contribution in [-0.2, 0) is 0 Å². The Kier molecular flexibility index (Phi) is 3.58. The molecule has 2 aromatic rings. The molecule has 0 aliphatic rings. The van der Waals surface area contributed by atoms with E-state index in [2.05, 4.69) is 11.6 Å². The van der Waals surface area contributed by atoms with Gasteiger partial charge in [0.1, 0.15) is 0 Å². The van der Waals surface area contributed by atoms with Crippen LogP contribution in [0.3, 0.4) is 0 Å². The number of rotatable bonds is 3. The molecule has 0 spiro atoms. The van der Waals surface area contributed by atoms with Gasteiger partial charge in [0.25, 0.3) is 0 Å². The van der Waals surface area contributed by atoms with Crippen molar-refractivity contribution in [3.63, 3.8) is 0 Å². The van der Waals surface area contributed by atoms with E-state index in [0.717, 1.165) is 22.4 Å². The normalized spacial score (nSPS) is 11.3. The topological polar surface area (TPSA) is 38.4 Å². The quantitative estimate of drug-likeness (QED) is 0.639. The highest BCUT2D eigenvalue weighted by Crippen LogP contribution is 2.29. The molecule has 0 aromatic heterocycles. The third kappa shape index (κ3) is 2.66. The molecular formula is C16H16N2. The predicted molar refractivity (Wildman–Crippen MR) is 78.0 cm³/mol. The van der Waals surface area contributed by atoms with Crippen LogP contribution in [0.5, 0.6) is 0 Å². The van der Waals surface area contributed by atoms with E-state index < -0.39 is 0 Å². The summed E-state index contributed by atoms with van der Waals surface area (Å²) >= 11 is 0. The number of hydrogen-bond donors (Lipinski definition) is 1. The van der Waals surface area contributed by atoms with E-state index in [1.54, 1.807) is 6.92 Å². The Morgan fingerprint density at radius 1 is 1.00 bits per heavy atom. The molecule has 0 saturated carbocycles. The van der Waals surface area contributed by atoms with Gasteiger partial charge >= 0.3 is 0 Å². The number of amidine groups is 1. The van der Waals surface area contributed by atoms with Gasteiger partial charge in [-0.15, -0.1) is 0 Å². The van der Waals surface area contributed by atoms with Crippen LogP contribution in [0, 0.1) is 0 Å². The Labute approximate surface area is 107 Å². The molecule has 0 heterocycles. The van der Waals surface area contributed by atoms with Crippen molar-refractivity contribution in [2.75, 3.05) is 0 Å². The van der Waals surface area contributed by atoms with Gasteiger partial charge in [-0.25, -0.2) is 4.99 Å². The van der Waals surface area contributed by atoms with Crippen LogP contribution in [-0.4, -0.2) is 5.84 Å². The Balaban J connectivity index is 2.46. The summed E-state index contributed by atoms with van der Waals surface area (Å²) in [6, 6.07) is 18.0. The molecule has 0 aliphatic heterocycles. The van der Waals surface area contributed by atoms with Gasteiger partial charge in [-0.05, 0) is 24.1 Å². The van der Waals surface area contributed by atoms with Gasteiger partial charge in [0.15, 0.2) is 0 Å². The molecule has 2 nitrogen and oxygen atoms in total. The maximum atomic E-state index is 5.65. The number of benzene rings is 2. The molecule has 2 heteroatoms. The van der Waals surface area contributed by atoms with Crippen LogP contribution in [0.25, 0.3) is 5.57 Å². The highest BCUT2D eigenvalue weighted by atomic mass is 14.8. The maximum absolute atomic E-state index is 5.65. The number of hydrogen-bond acceptors (Lipinski definition) is 1. The second-order valence-corrected chi connectivity index (χ2v) is 4.11. The Bertz CT molecular complexity index is 579. The largest absolute Gasteiger partial charge is 0.387 e. The van der Waals surface area contributed by atoms with E-state index in [1.165, 1.54) is 0 Å². The lowest BCUT2D eigenvalue weighted by molar-refractivity contribution is 1.42. The number of nitrogens with two attached hydrogens (primary N) is 1. The first-order valence-electron chi connectivity index (χ1n) is 5.83. The van der Waals surface area contributed by atoms with Crippen LogP contribution in [0.4, 0.5) is 5.69 Å². The molecule has 0 amide bonds. The molecule has 0 aliphatic carbocycles. The molecule has 2 aromatic carbocycles. The molecule has 90 valence electrons. The molecular weight excluding hydrogens is 220 g/mol. The zero-order chi connectivity index (χ0) is 13.0. The van der Waals surface area contributed by atoms with Crippen LogP contribution in [0.1, 0.15) is 18.1 Å². The molecule has 0 atom stereocenters. The van der Waals surface area contributed by atoms with Gasteiger partial charge in [0, 0.05) is 5.56 Å². The molecule has 18 heavy (non-hydrogen) atoms. The fourth-order valence-electron chi connectivity index (χ4n) is 1.81. The van der Waals surface area contributed by atoms with Crippen molar-refractivity contribution in [1.29, 1.82) is 0 Å². The standard InChI is InChI=1S/C16H16N2/c1-12(14-8-4-3-5-9-14)15-10-6-7-11-16(15)18-13(2)17/h3-11H,1H2,2H3,(H2,17,18). The summed E-state index contributed by atoms with van der Waals surface area (Å²) in [5.74, 6) is 0.545. The summed E-state index contributed by atoms with van der Waals surface area (Å²) in [6.07, 6.45) is 0.